The van der Waals surface area contributed by atoms with Crippen LogP contribution in [0.25, 0.3) is 0 Å². The number of aryl methyl sites for hydroxylation is 1. The molecule has 0 atom stereocenters. The summed E-state index contributed by atoms with van der Waals surface area (Å²) in [5, 5.41) is 2.88. The van der Waals surface area contributed by atoms with Crippen LogP contribution >= 0.6 is 0 Å². The monoisotopic (exact) mass is 267 g/mol. The van der Waals surface area contributed by atoms with E-state index in [9.17, 15) is 9.18 Å². The van der Waals surface area contributed by atoms with Gasteiger partial charge in [0.2, 0.25) is 5.91 Å². The van der Waals surface area contributed by atoms with E-state index in [0.717, 1.165) is 37.9 Å². The average molecular weight is 267 g/mol. The maximum atomic E-state index is 12.7. The number of methoxy groups -OCH3 is 1. The Morgan fingerprint density at radius 2 is 1.95 bits per heavy atom. The van der Waals surface area contributed by atoms with Crippen LogP contribution in [0.3, 0.4) is 0 Å². The van der Waals surface area contributed by atoms with Gasteiger partial charge in [-0.1, -0.05) is 12.1 Å². The zero-order valence-electron chi connectivity index (χ0n) is 11.5. The number of ether oxygens (including phenoxy) is 1. The molecule has 0 saturated heterocycles. The van der Waals surface area contributed by atoms with Gasteiger partial charge in [-0.2, -0.15) is 0 Å². The molecular weight excluding hydrogens is 245 g/mol. The molecule has 0 aliphatic carbocycles. The lowest BCUT2D eigenvalue weighted by Gasteiger charge is -2.05. The molecule has 0 unspecified atom stereocenters. The summed E-state index contributed by atoms with van der Waals surface area (Å²) in [4.78, 5) is 11.5. The fourth-order valence-electron chi connectivity index (χ4n) is 1.79. The van der Waals surface area contributed by atoms with Crippen LogP contribution in [0.2, 0.25) is 0 Å². The maximum Gasteiger partial charge on any atom is 0.220 e. The lowest BCUT2D eigenvalue weighted by Crippen LogP contribution is -2.24. The first-order chi connectivity index (χ1) is 9.22. The van der Waals surface area contributed by atoms with Crippen molar-refractivity contribution >= 4 is 5.91 Å². The summed E-state index contributed by atoms with van der Waals surface area (Å²) < 4.78 is 17.6. The number of hydrogen-bond acceptors (Lipinski definition) is 2. The molecule has 0 spiro atoms. The normalized spacial score (nSPS) is 10.4. The molecule has 0 saturated carbocycles. The Morgan fingerprint density at radius 3 is 2.63 bits per heavy atom. The van der Waals surface area contributed by atoms with Crippen molar-refractivity contribution in [3.8, 4) is 0 Å². The van der Waals surface area contributed by atoms with Crippen molar-refractivity contribution in [1.29, 1.82) is 0 Å². The predicted octanol–water partition coefficient (Wildman–Crippen LogP) is 2.69. The van der Waals surface area contributed by atoms with Crippen LogP contribution in [-0.4, -0.2) is 26.2 Å². The lowest BCUT2D eigenvalue weighted by molar-refractivity contribution is -0.121. The second-order valence-electron chi connectivity index (χ2n) is 4.53. The molecule has 0 fully saturated rings. The van der Waals surface area contributed by atoms with E-state index < -0.39 is 0 Å². The third-order valence-corrected chi connectivity index (χ3v) is 2.88. The number of rotatable bonds is 9. The molecule has 1 amide bonds. The molecule has 0 radical (unpaired) electrons. The second kappa shape index (κ2) is 9.50. The molecular formula is C15H22FNO2. The van der Waals surface area contributed by atoms with Crippen molar-refractivity contribution in [3.63, 3.8) is 0 Å². The van der Waals surface area contributed by atoms with Crippen LogP contribution in [0.4, 0.5) is 4.39 Å². The fourth-order valence-corrected chi connectivity index (χ4v) is 1.79. The van der Waals surface area contributed by atoms with Crippen molar-refractivity contribution in [1.82, 2.24) is 5.32 Å². The minimum atomic E-state index is -0.224. The highest BCUT2D eigenvalue weighted by molar-refractivity contribution is 5.75. The summed E-state index contributed by atoms with van der Waals surface area (Å²) in [6.07, 6.45) is 4.01. The van der Waals surface area contributed by atoms with E-state index in [1.165, 1.54) is 12.1 Å². The number of carbonyl (C=O) groups is 1. The Morgan fingerprint density at radius 1 is 1.21 bits per heavy atom. The molecule has 19 heavy (non-hydrogen) atoms. The Bertz CT molecular complexity index is 365. The largest absolute Gasteiger partial charge is 0.385 e. The Hall–Kier alpha value is -1.42. The minimum absolute atomic E-state index is 0.0829. The summed E-state index contributed by atoms with van der Waals surface area (Å²) in [5.41, 5.74) is 1.06. The van der Waals surface area contributed by atoms with E-state index in [4.69, 9.17) is 4.74 Å². The van der Waals surface area contributed by atoms with Crippen molar-refractivity contribution in [2.75, 3.05) is 20.3 Å². The molecule has 0 aromatic heterocycles. The van der Waals surface area contributed by atoms with Gasteiger partial charge in [0.1, 0.15) is 5.82 Å². The van der Waals surface area contributed by atoms with Gasteiger partial charge >= 0.3 is 0 Å². The van der Waals surface area contributed by atoms with E-state index in [-0.39, 0.29) is 11.7 Å². The van der Waals surface area contributed by atoms with Crippen LogP contribution in [0, 0.1) is 5.82 Å². The van der Waals surface area contributed by atoms with E-state index in [2.05, 4.69) is 5.32 Å². The number of halogens is 1. The van der Waals surface area contributed by atoms with Crippen LogP contribution in [0.15, 0.2) is 24.3 Å². The summed E-state index contributed by atoms with van der Waals surface area (Å²) in [6, 6.07) is 6.42. The quantitative estimate of drug-likeness (QED) is 0.699. The molecule has 0 bridgehead atoms. The van der Waals surface area contributed by atoms with Gasteiger partial charge in [0.15, 0.2) is 0 Å². The zero-order chi connectivity index (χ0) is 13.9. The van der Waals surface area contributed by atoms with Gasteiger partial charge in [-0.3, -0.25) is 4.79 Å². The first-order valence-corrected chi connectivity index (χ1v) is 6.72. The Balaban J connectivity index is 2.05. The van der Waals surface area contributed by atoms with Gasteiger partial charge < -0.3 is 10.1 Å². The summed E-state index contributed by atoms with van der Waals surface area (Å²) in [5.74, 6) is -0.142. The predicted molar refractivity (Wildman–Crippen MR) is 73.5 cm³/mol. The van der Waals surface area contributed by atoms with E-state index in [1.807, 2.05) is 0 Å². The van der Waals surface area contributed by atoms with Crippen LogP contribution < -0.4 is 5.32 Å². The lowest BCUT2D eigenvalue weighted by atomic mass is 10.1. The SMILES string of the molecule is COCCCCNC(=O)CCCc1ccc(F)cc1. The van der Waals surface area contributed by atoms with Crippen LogP contribution in [0.5, 0.6) is 0 Å². The smallest absolute Gasteiger partial charge is 0.220 e. The maximum absolute atomic E-state index is 12.7. The highest BCUT2D eigenvalue weighted by atomic mass is 19.1. The van der Waals surface area contributed by atoms with Crippen molar-refractivity contribution in [3.05, 3.63) is 35.6 Å². The van der Waals surface area contributed by atoms with Gasteiger partial charge in [0, 0.05) is 26.7 Å². The van der Waals surface area contributed by atoms with Gasteiger partial charge in [-0.25, -0.2) is 4.39 Å². The number of benzene rings is 1. The van der Waals surface area contributed by atoms with Crippen LogP contribution in [-0.2, 0) is 16.0 Å². The summed E-state index contributed by atoms with van der Waals surface area (Å²) >= 11 is 0. The molecule has 3 nitrogen and oxygen atoms in total. The highest BCUT2D eigenvalue weighted by Crippen LogP contribution is 2.06. The topological polar surface area (TPSA) is 38.3 Å². The molecule has 0 aliphatic rings. The van der Waals surface area contributed by atoms with E-state index in [0.29, 0.717) is 13.0 Å². The third kappa shape index (κ3) is 7.57. The third-order valence-electron chi connectivity index (χ3n) is 2.88. The Kier molecular flexibility index (Phi) is 7.82. The van der Waals surface area contributed by atoms with Gasteiger partial charge in [-0.05, 0) is 43.4 Å². The standard InChI is InChI=1S/C15H22FNO2/c1-19-12-3-2-11-17-15(18)6-4-5-13-7-9-14(16)10-8-13/h7-10H,2-6,11-12H2,1H3,(H,17,18). The van der Waals surface area contributed by atoms with Gasteiger partial charge in [0.05, 0.1) is 0 Å². The van der Waals surface area contributed by atoms with Crippen LogP contribution in [0.1, 0.15) is 31.2 Å². The molecule has 4 heteroatoms. The number of amides is 1. The zero-order valence-corrected chi connectivity index (χ0v) is 11.5. The molecule has 1 aromatic carbocycles. The van der Waals surface area contributed by atoms with E-state index in [1.54, 1.807) is 19.2 Å². The Labute approximate surface area is 114 Å². The summed E-state index contributed by atoms with van der Waals surface area (Å²) in [6.45, 7) is 1.44. The van der Waals surface area contributed by atoms with Gasteiger partial charge in [-0.15, -0.1) is 0 Å². The first kappa shape index (κ1) is 15.6. The number of unbranched alkanes of at least 4 members (excludes halogenated alkanes) is 1. The molecule has 1 N–H and O–H groups in total. The van der Waals surface area contributed by atoms with E-state index >= 15 is 0 Å². The molecule has 0 aliphatic heterocycles. The highest BCUT2D eigenvalue weighted by Gasteiger charge is 2.01. The number of nitrogens with one attached hydrogen (secondary N) is 1. The molecule has 106 valence electrons. The average Bonchev–Trinajstić information content (AvgIpc) is 2.41. The molecule has 1 aromatic rings. The second-order valence-corrected chi connectivity index (χ2v) is 4.53. The molecule has 1 rings (SSSR count). The summed E-state index contributed by atoms with van der Waals surface area (Å²) in [7, 11) is 1.67. The van der Waals surface area contributed by atoms with Crippen molar-refractivity contribution < 1.29 is 13.9 Å². The van der Waals surface area contributed by atoms with Crippen molar-refractivity contribution in [2.24, 2.45) is 0 Å². The molecule has 0 heterocycles. The number of hydrogen-bond donors (Lipinski definition) is 1. The minimum Gasteiger partial charge on any atom is -0.385 e. The van der Waals surface area contributed by atoms with Crippen molar-refractivity contribution in [2.45, 2.75) is 32.1 Å². The van der Waals surface area contributed by atoms with Gasteiger partial charge in [0.25, 0.3) is 0 Å². The first-order valence-electron chi connectivity index (χ1n) is 6.72. The number of carbonyl (C=O) groups excluding carboxylic acids is 1. The fraction of sp³-hybridized carbons (Fsp3) is 0.533.